The Labute approximate surface area is 119 Å². The molecule has 1 aliphatic heterocycles. The number of nitrogens with zero attached hydrogens (tertiary/aromatic N) is 1. The van der Waals surface area contributed by atoms with Crippen LogP contribution in [0.4, 0.5) is 8.78 Å². The smallest absolute Gasteiger partial charge is 0.256 e. The van der Waals surface area contributed by atoms with E-state index in [0.29, 0.717) is 23.8 Å². The van der Waals surface area contributed by atoms with Crippen molar-refractivity contribution >= 4 is 21.8 Å². The second-order valence-electron chi connectivity index (χ2n) is 4.91. The zero-order valence-electron chi connectivity index (χ0n) is 10.7. The molecule has 0 bridgehead atoms. The number of benzene rings is 1. The van der Waals surface area contributed by atoms with Crippen LogP contribution in [0.2, 0.25) is 0 Å². The van der Waals surface area contributed by atoms with Crippen molar-refractivity contribution < 1.29 is 13.6 Å². The lowest BCUT2D eigenvalue weighted by Gasteiger charge is -2.33. The first-order chi connectivity index (χ1) is 9.00. The molecule has 1 aromatic carbocycles. The fourth-order valence-electron chi connectivity index (χ4n) is 2.40. The van der Waals surface area contributed by atoms with Crippen LogP contribution in [0.1, 0.15) is 30.1 Å². The predicted molar refractivity (Wildman–Crippen MR) is 73.4 cm³/mol. The van der Waals surface area contributed by atoms with E-state index >= 15 is 0 Å². The average Bonchev–Trinajstić information content (AvgIpc) is 2.41. The molecule has 1 aliphatic rings. The van der Waals surface area contributed by atoms with Gasteiger partial charge in [0.25, 0.3) is 5.91 Å². The summed E-state index contributed by atoms with van der Waals surface area (Å²) < 4.78 is 26.7. The molecule has 104 valence electrons. The van der Waals surface area contributed by atoms with Crippen LogP contribution in [-0.2, 0) is 0 Å². The van der Waals surface area contributed by atoms with Gasteiger partial charge in [-0.3, -0.25) is 4.79 Å². The normalized spacial score (nSPS) is 18.4. The molecule has 1 unspecified atom stereocenters. The zero-order valence-corrected chi connectivity index (χ0v) is 12.3. The third-order valence-electron chi connectivity index (χ3n) is 3.66. The molecule has 0 aromatic heterocycles. The van der Waals surface area contributed by atoms with Crippen molar-refractivity contribution in [2.45, 2.75) is 24.6 Å². The van der Waals surface area contributed by atoms with E-state index in [-0.39, 0.29) is 5.56 Å². The Morgan fingerprint density at radius 2 is 2.00 bits per heavy atom. The number of hydrogen-bond donors (Lipinski definition) is 0. The third kappa shape index (κ3) is 3.14. The molecule has 0 radical (unpaired) electrons. The maximum Gasteiger partial charge on any atom is 0.256 e. The third-order valence-corrected chi connectivity index (χ3v) is 4.41. The van der Waals surface area contributed by atoms with Gasteiger partial charge in [0.2, 0.25) is 0 Å². The Bertz CT molecular complexity index is 471. The summed E-state index contributed by atoms with van der Waals surface area (Å²) in [7, 11) is 0. The highest BCUT2D eigenvalue weighted by Gasteiger charge is 2.27. The molecular weight excluding hydrogens is 316 g/mol. The van der Waals surface area contributed by atoms with Crippen LogP contribution in [-0.4, -0.2) is 28.7 Å². The standard InChI is InChI=1S/C14H16BrF2NO/c1-9(15)10-5-7-18(8-6-10)14(19)11-3-2-4-12(16)13(11)17/h2-4,9-10H,5-8H2,1H3. The van der Waals surface area contributed by atoms with Gasteiger partial charge in [0.15, 0.2) is 11.6 Å². The summed E-state index contributed by atoms with van der Waals surface area (Å²) in [4.78, 5) is 14.2. The van der Waals surface area contributed by atoms with E-state index in [9.17, 15) is 13.6 Å². The largest absolute Gasteiger partial charge is 0.339 e. The van der Waals surface area contributed by atoms with Crippen molar-refractivity contribution in [2.24, 2.45) is 5.92 Å². The van der Waals surface area contributed by atoms with Crippen molar-refractivity contribution in [2.75, 3.05) is 13.1 Å². The van der Waals surface area contributed by atoms with Gasteiger partial charge in [0, 0.05) is 17.9 Å². The second-order valence-corrected chi connectivity index (χ2v) is 6.35. The Hall–Kier alpha value is -0.970. The minimum atomic E-state index is -1.05. The first-order valence-corrected chi connectivity index (χ1v) is 7.29. The molecule has 1 atom stereocenters. The number of carbonyl (C=O) groups excluding carboxylic acids is 1. The van der Waals surface area contributed by atoms with Gasteiger partial charge in [0.1, 0.15) is 0 Å². The van der Waals surface area contributed by atoms with Crippen LogP contribution < -0.4 is 0 Å². The van der Waals surface area contributed by atoms with E-state index in [1.165, 1.54) is 12.1 Å². The molecular formula is C14H16BrF2NO. The highest BCUT2D eigenvalue weighted by Crippen LogP contribution is 2.26. The molecule has 19 heavy (non-hydrogen) atoms. The monoisotopic (exact) mass is 331 g/mol. The summed E-state index contributed by atoms with van der Waals surface area (Å²) in [5.74, 6) is -1.92. The van der Waals surface area contributed by atoms with Gasteiger partial charge in [-0.25, -0.2) is 8.78 Å². The molecule has 1 saturated heterocycles. The highest BCUT2D eigenvalue weighted by molar-refractivity contribution is 9.09. The molecule has 1 heterocycles. The number of alkyl halides is 1. The van der Waals surface area contributed by atoms with Crippen LogP contribution in [0.5, 0.6) is 0 Å². The minimum Gasteiger partial charge on any atom is -0.339 e. The second kappa shape index (κ2) is 5.99. The molecule has 0 aliphatic carbocycles. The van der Waals surface area contributed by atoms with E-state index in [0.717, 1.165) is 18.9 Å². The number of piperidine rings is 1. The van der Waals surface area contributed by atoms with Crippen LogP contribution >= 0.6 is 15.9 Å². The Morgan fingerprint density at radius 3 is 2.58 bits per heavy atom. The van der Waals surface area contributed by atoms with Crippen LogP contribution in [0.15, 0.2) is 18.2 Å². The van der Waals surface area contributed by atoms with Crippen LogP contribution in [0, 0.1) is 17.6 Å². The fraction of sp³-hybridized carbons (Fsp3) is 0.500. The first kappa shape index (κ1) is 14.4. The van der Waals surface area contributed by atoms with E-state index < -0.39 is 17.5 Å². The lowest BCUT2D eigenvalue weighted by atomic mass is 9.94. The molecule has 2 nitrogen and oxygen atoms in total. The van der Waals surface area contributed by atoms with E-state index in [1.807, 2.05) is 0 Å². The van der Waals surface area contributed by atoms with Gasteiger partial charge in [-0.1, -0.05) is 28.9 Å². The van der Waals surface area contributed by atoms with Gasteiger partial charge < -0.3 is 4.90 Å². The lowest BCUT2D eigenvalue weighted by molar-refractivity contribution is 0.0685. The number of amides is 1. The van der Waals surface area contributed by atoms with Gasteiger partial charge in [0.05, 0.1) is 5.56 Å². The maximum atomic E-state index is 13.6. The number of rotatable bonds is 2. The SMILES string of the molecule is CC(Br)C1CCN(C(=O)c2cccc(F)c2F)CC1. The number of hydrogen-bond acceptors (Lipinski definition) is 1. The Balaban J connectivity index is 2.07. The summed E-state index contributed by atoms with van der Waals surface area (Å²) in [6.45, 7) is 3.28. The molecule has 1 amide bonds. The number of halogens is 3. The Kier molecular flexibility index (Phi) is 4.55. The minimum absolute atomic E-state index is 0.176. The van der Waals surface area contributed by atoms with Gasteiger partial charge >= 0.3 is 0 Å². The predicted octanol–water partition coefficient (Wildman–Crippen LogP) is 3.60. The van der Waals surface area contributed by atoms with Crippen molar-refractivity contribution in [3.05, 3.63) is 35.4 Å². The van der Waals surface area contributed by atoms with Gasteiger partial charge in [-0.05, 0) is 30.9 Å². The van der Waals surface area contributed by atoms with Crippen molar-refractivity contribution in [1.82, 2.24) is 4.90 Å². The first-order valence-electron chi connectivity index (χ1n) is 6.38. The molecule has 0 N–H and O–H groups in total. The van der Waals surface area contributed by atoms with Crippen molar-refractivity contribution in [3.63, 3.8) is 0 Å². The summed E-state index contributed by atoms with van der Waals surface area (Å²) in [6.07, 6.45) is 1.77. The maximum absolute atomic E-state index is 13.6. The zero-order chi connectivity index (χ0) is 14.0. The van der Waals surface area contributed by atoms with Crippen LogP contribution in [0.25, 0.3) is 0 Å². The van der Waals surface area contributed by atoms with Crippen molar-refractivity contribution in [1.29, 1.82) is 0 Å². The molecule has 0 spiro atoms. The van der Waals surface area contributed by atoms with E-state index in [4.69, 9.17) is 0 Å². The summed E-state index contributed by atoms with van der Waals surface area (Å²) in [6, 6.07) is 3.71. The lowest BCUT2D eigenvalue weighted by Crippen LogP contribution is -2.40. The molecule has 1 fully saturated rings. The Morgan fingerprint density at radius 1 is 1.37 bits per heavy atom. The summed E-state index contributed by atoms with van der Waals surface area (Å²) >= 11 is 3.55. The molecule has 0 saturated carbocycles. The van der Waals surface area contributed by atoms with E-state index in [1.54, 1.807) is 4.90 Å². The fourth-order valence-corrected chi connectivity index (χ4v) is 2.93. The quantitative estimate of drug-likeness (QED) is 0.758. The number of carbonyl (C=O) groups is 1. The van der Waals surface area contributed by atoms with Gasteiger partial charge in [-0.15, -0.1) is 0 Å². The summed E-state index contributed by atoms with van der Waals surface area (Å²) in [5, 5.41) is 0. The van der Waals surface area contributed by atoms with Crippen LogP contribution in [0.3, 0.4) is 0 Å². The number of likely N-dealkylation sites (tertiary alicyclic amines) is 1. The summed E-state index contributed by atoms with van der Waals surface area (Å²) in [5.41, 5.74) is -0.176. The van der Waals surface area contributed by atoms with Crippen molar-refractivity contribution in [3.8, 4) is 0 Å². The molecule has 5 heteroatoms. The topological polar surface area (TPSA) is 20.3 Å². The van der Waals surface area contributed by atoms with E-state index in [2.05, 4.69) is 22.9 Å². The average molecular weight is 332 g/mol. The highest BCUT2D eigenvalue weighted by atomic mass is 79.9. The molecule has 2 rings (SSSR count). The molecule has 1 aromatic rings. The van der Waals surface area contributed by atoms with Gasteiger partial charge in [-0.2, -0.15) is 0 Å².